The van der Waals surface area contributed by atoms with E-state index in [0.29, 0.717) is 11.3 Å². The van der Waals surface area contributed by atoms with Gasteiger partial charge in [-0.15, -0.1) is 0 Å². The average Bonchev–Trinajstić information content (AvgIpc) is 2.08. The van der Waals surface area contributed by atoms with Crippen LogP contribution in [0.2, 0.25) is 0 Å². The number of hydrogen-bond donors (Lipinski definition) is 1. The summed E-state index contributed by atoms with van der Waals surface area (Å²) in [7, 11) is 0. The molecule has 83 valence electrons. The molecule has 0 fully saturated rings. The smallest absolute Gasteiger partial charge is 0.388 e. The molecule has 0 spiro atoms. The summed E-state index contributed by atoms with van der Waals surface area (Å²) in [6.07, 6.45) is -0.732. The summed E-state index contributed by atoms with van der Waals surface area (Å²) < 4.78 is 28.3. The lowest BCUT2D eigenvalue weighted by molar-refractivity contribution is -0.0537. The van der Waals surface area contributed by atoms with Crippen LogP contribution in [0.4, 0.5) is 8.78 Å². The van der Waals surface area contributed by atoms with Gasteiger partial charge in [0.2, 0.25) is 5.88 Å². The highest BCUT2D eigenvalue weighted by Crippen LogP contribution is 2.19. The van der Waals surface area contributed by atoms with Crippen molar-refractivity contribution >= 4 is 0 Å². The van der Waals surface area contributed by atoms with Gasteiger partial charge in [-0.3, -0.25) is 0 Å². The Kier molecular flexibility index (Phi) is 3.96. The van der Waals surface area contributed by atoms with E-state index in [9.17, 15) is 8.78 Å². The molecule has 3 nitrogen and oxygen atoms in total. The van der Waals surface area contributed by atoms with Crippen LogP contribution in [-0.2, 0) is 6.42 Å². The molecule has 1 aromatic rings. The molecule has 15 heavy (non-hydrogen) atoms. The number of alkyl halides is 2. The topological polar surface area (TPSA) is 42.4 Å². The predicted octanol–water partition coefficient (Wildman–Crippen LogP) is 1.73. The first-order chi connectivity index (χ1) is 6.99. The van der Waals surface area contributed by atoms with Crippen molar-refractivity contribution in [3.05, 3.63) is 30.3 Å². The number of halogens is 2. The van der Waals surface area contributed by atoms with Gasteiger partial charge < -0.3 is 9.84 Å². The van der Waals surface area contributed by atoms with Crippen LogP contribution < -0.4 is 4.74 Å². The molecule has 0 unspecified atom stereocenters. The zero-order valence-corrected chi connectivity index (χ0v) is 8.28. The van der Waals surface area contributed by atoms with E-state index in [1.165, 1.54) is 0 Å². The minimum Gasteiger partial charge on any atom is -0.417 e. The van der Waals surface area contributed by atoms with Gasteiger partial charge in [-0.05, 0) is 19.9 Å². The summed E-state index contributed by atoms with van der Waals surface area (Å²) in [4.78, 5) is 3.83. The van der Waals surface area contributed by atoms with Crippen molar-refractivity contribution in [3.63, 3.8) is 0 Å². The largest absolute Gasteiger partial charge is 0.417 e. The van der Waals surface area contributed by atoms with Crippen LogP contribution >= 0.6 is 0 Å². The van der Waals surface area contributed by atoms with E-state index in [4.69, 9.17) is 5.11 Å². The maximum atomic E-state index is 12.0. The van der Waals surface area contributed by atoms with E-state index < -0.39 is 12.7 Å². The summed E-state index contributed by atoms with van der Waals surface area (Å²) in [5.41, 5.74) is 0.997. The van der Waals surface area contributed by atoms with E-state index >= 15 is 0 Å². The molecular weight excluding hydrogens is 204 g/mol. The monoisotopic (exact) mass is 216 g/mol. The molecule has 0 aromatic carbocycles. The second kappa shape index (κ2) is 5.02. The average molecular weight is 216 g/mol. The number of ether oxygens (including phenoxy) is 1. The zero-order valence-electron chi connectivity index (χ0n) is 8.28. The maximum absolute atomic E-state index is 12.0. The van der Waals surface area contributed by atoms with Crippen molar-refractivity contribution in [2.45, 2.75) is 26.1 Å². The number of aryl methyl sites for hydroxylation is 1. The second-order valence-electron chi connectivity index (χ2n) is 3.15. The highest BCUT2D eigenvalue weighted by Gasteiger charge is 2.12. The van der Waals surface area contributed by atoms with Crippen molar-refractivity contribution in [2.24, 2.45) is 0 Å². The molecule has 0 saturated carbocycles. The molecule has 0 bridgehead atoms. The van der Waals surface area contributed by atoms with Crippen molar-refractivity contribution in [2.75, 3.05) is 0 Å². The fourth-order valence-electron chi connectivity index (χ4n) is 1.16. The third kappa shape index (κ3) is 3.79. The minimum absolute atomic E-state index is 0.134. The van der Waals surface area contributed by atoms with Gasteiger partial charge >= 0.3 is 6.61 Å². The Morgan fingerprint density at radius 3 is 2.73 bits per heavy atom. The Morgan fingerprint density at radius 2 is 2.20 bits per heavy atom. The summed E-state index contributed by atoms with van der Waals surface area (Å²) in [6, 6.07) is 3.25. The number of aliphatic hydroxyl groups excluding tert-OH is 1. The van der Waals surface area contributed by atoms with E-state index in [1.54, 1.807) is 19.1 Å². The lowest BCUT2D eigenvalue weighted by atomic mass is 10.1. The van der Waals surface area contributed by atoms with Crippen LogP contribution in [0, 0.1) is 13.8 Å². The molecule has 0 aliphatic rings. The summed E-state index contributed by atoms with van der Waals surface area (Å²) >= 11 is 0. The zero-order chi connectivity index (χ0) is 11.4. The van der Waals surface area contributed by atoms with Crippen LogP contribution in [0.5, 0.6) is 5.88 Å². The first-order valence-electron chi connectivity index (χ1n) is 4.41. The van der Waals surface area contributed by atoms with Crippen LogP contribution in [-0.4, -0.2) is 22.8 Å². The van der Waals surface area contributed by atoms with Gasteiger partial charge in [-0.2, -0.15) is 8.78 Å². The van der Waals surface area contributed by atoms with Crippen LogP contribution in [0.15, 0.2) is 12.1 Å². The minimum atomic E-state index is -2.92. The molecule has 1 aromatic heterocycles. The highest BCUT2D eigenvalue weighted by atomic mass is 19.3. The Bertz CT molecular complexity index is 329. The summed E-state index contributed by atoms with van der Waals surface area (Å²) in [5.74, 6) is -0.146. The van der Waals surface area contributed by atoms with Gasteiger partial charge in [0.05, 0.1) is 6.10 Å². The standard InChI is InChI=1S/C10H12F2NO2/c1-6-3-4-8(5-7(2)14)9(13-6)15-10(11)12/h3-4,7,10,14H,2,5H2,1H3/t7-/m1/s1. The van der Waals surface area contributed by atoms with Crippen molar-refractivity contribution in [3.8, 4) is 5.88 Å². The molecule has 5 heteroatoms. The molecule has 1 heterocycles. The Labute approximate surface area is 86.7 Å². The SMILES string of the molecule is [CH2][C@@H](O)Cc1ccc(C)nc1OC(F)F. The van der Waals surface area contributed by atoms with Gasteiger partial charge in [-0.25, -0.2) is 4.98 Å². The van der Waals surface area contributed by atoms with Gasteiger partial charge in [0.1, 0.15) is 0 Å². The third-order valence-corrected chi connectivity index (χ3v) is 1.73. The number of rotatable bonds is 4. The van der Waals surface area contributed by atoms with Crippen LogP contribution in [0.3, 0.4) is 0 Å². The Balaban J connectivity index is 2.92. The molecule has 1 radical (unpaired) electrons. The van der Waals surface area contributed by atoms with E-state index in [0.717, 1.165) is 0 Å². The van der Waals surface area contributed by atoms with E-state index in [1.807, 2.05) is 0 Å². The molecule has 0 saturated heterocycles. The molecule has 1 rings (SSSR count). The van der Waals surface area contributed by atoms with Gasteiger partial charge in [0, 0.05) is 17.7 Å². The lowest BCUT2D eigenvalue weighted by Crippen LogP contribution is -2.11. The van der Waals surface area contributed by atoms with Crippen molar-refractivity contribution < 1.29 is 18.6 Å². The second-order valence-corrected chi connectivity index (χ2v) is 3.15. The summed E-state index contributed by atoms with van der Waals surface area (Å²) in [5, 5.41) is 9.05. The van der Waals surface area contributed by atoms with Crippen LogP contribution in [0.25, 0.3) is 0 Å². The maximum Gasteiger partial charge on any atom is 0.388 e. The lowest BCUT2D eigenvalue weighted by Gasteiger charge is -2.11. The quantitative estimate of drug-likeness (QED) is 0.833. The normalized spacial score (nSPS) is 12.9. The fourth-order valence-corrected chi connectivity index (χ4v) is 1.16. The first-order valence-corrected chi connectivity index (χ1v) is 4.41. The van der Waals surface area contributed by atoms with E-state index in [-0.39, 0.29) is 12.3 Å². The van der Waals surface area contributed by atoms with Crippen molar-refractivity contribution in [1.82, 2.24) is 4.98 Å². The number of aliphatic hydroxyl groups is 1. The van der Waals surface area contributed by atoms with E-state index in [2.05, 4.69) is 16.6 Å². The molecule has 0 aliphatic heterocycles. The first kappa shape index (κ1) is 11.8. The number of aromatic nitrogens is 1. The van der Waals surface area contributed by atoms with Crippen LogP contribution in [0.1, 0.15) is 11.3 Å². The van der Waals surface area contributed by atoms with Crippen molar-refractivity contribution in [1.29, 1.82) is 0 Å². The molecule has 0 amide bonds. The Morgan fingerprint density at radius 1 is 1.53 bits per heavy atom. The van der Waals surface area contributed by atoms with Gasteiger partial charge in [0.25, 0.3) is 0 Å². The van der Waals surface area contributed by atoms with Gasteiger partial charge in [-0.1, -0.05) is 6.07 Å². The molecule has 1 atom stereocenters. The van der Waals surface area contributed by atoms with Gasteiger partial charge in [0.15, 0.2) is 0 Å². The highest BCUT2D eigenvalue weighted by molar-refractivity contribution is 5.28. The molecule has 0 aliphatic carbocycles. The molecule has 1 N–H and O–H groups in total. The number of pyridine rings is 1. The number of nitrogens with zero attached hydrogens (tertiary/aromatic N) is 1. The summed E-state index contributed by atoms with van der Waals surface area (Å²) in [6.45, 7) is 2.11. The fraction of sp³-hybridized carbons (Fsp3) is 0.400. The Hall–Kier alpha value is -1.23. The predicted molar refractivity (Wildman–Crippen MR) is 50.7 cm³/mol. The third-order valence-electron chi connectivity index (χ3n) is 1.73. The molecular formula is C10H12F2NO2. The number of hydrogen-bond acceptors (Lipinski definition) is 3.